The molecule has 0 aliphatic heterocycles. The molecule has 1 amide bonds. The molecule has 0 saturated heterocycles. The van der Waals surface area contributed by atoms with Crippen LogP contribution in [-0.2, 0) is 0 Å². The van der Waals surface area contributed by atoms with Crippen molar-refractivity contribution in [2.45, 2.75) is 37.7 Å². The van der Waals surface area contributed by atoms with Crippen molar-refractivity contribution in [3.63, 3.8) is 0 Å². The lowest BCUT2D eigenvalue weighted by Crippen LogP contribution is -2.38. The molecule has 0 unspecified atom stereocenters. The van der Waals surface area contributed by atoms with Gasteiger partial charge >= 0.3 is 0 Å². The summed E-state index contributed by atoms with van der Waals surface area (Å²) in [5.41, 5.74) is 10.3. The Balaban J connectivity index is 2.04. The van der Waals surface area contributed by atoms with E-state index in [-0.39, 0.29) is 11.4 Å². The number of hydrogen-bond acceptors (Lipinski definition) is 6. The molecule has 0 aromatic carbocycles. The number of primary amides is 1. The molecule has 0 radical (unpaired) electrons. The van der Waals surface area contributed by atoms with Crippen LogP contribution in [0.15, 0.2) is 0 Å². The third kappa shape index (κ3) is 2.73. The molecular weight excluding hydrogens is 252 g/mol. The highest BCUT2D eigenvalue weighted by molar-refractivity contribution is 7.11. The summed E-state index contributed by atoms with van der Waals surface area (Å²) in [6.45, 7) is 0.398. The van der Waals surface area contributed by atoms with Crippen molar-refractivity contribution >= 4 is 28.3 Å². The number of nitrogen functional groups attached to an aromatic ring is 1. The van der Waals surface area contributed by atoms with Crippen molar-refractivity contribution in [2.75, 3.05) is 17.6 Å². The number of anilines is 2. The summed E-state index contributed by atoms with van der Waals surface area (Å²) in [5, 5.41) is 13.9. The molecule has 1 heterocycles. The van der Waals surface area contributed by atoms with E-state index in [1.165, 1.54) is 6.42 Å². The van der Waals surface area contributed by atoms with Crippen LogP contribution >= 0.6 is 11.5 Å². The Hall–Kier alpha value is -1.34. The fraction of sp³-hybridized carbons (Fsp3) is 0.636. The summed E-state index contributed by atoms with van der Waals surface area (Å²) in [6, 6.07) is 0. The third-order valence-electron chi connectivity index (χ3n) is 3.33. The van der Waals surface area contributed by atoms with E-state index in [9.17, 15) is 9.90 Å². The number of rotatable bonds is 4. The monoisotopic (exact) mass is 270 g/mol. The Morgan fingerprint density at radius 1 is 1.44 bits per heavy atom. The molecule has 100 valence electrons. The molecule has 0 atom stereocenters. The number of nitrogens with two attached hydrogens (primary N) is 2. The van der Waals surface area contributed by atoms with E-state index in [0.717, 1.165) is 37.2 Å². The first-order valence-electron chi connectivity index (χ1n) is 6.03. The second-order valence-electron chi connectivity index (χ2n) is 4.77. The zero-order valence-corrected chi connectivity index (χ0v) is 10.9. The van der Waals surface area contributed by atoms with Gasteiger partial charge in [0.25, 0.3) is 5.91 Å². The number of amides is 1. The molecule has 1 aliphatic carbocycles. The van der Waals surface area contributed by atoms with E-state index in [1.807, 2.05) is 0 Å². The molecule has 2 rings (SSSR count). The quantitative estimate of drug-likeness (QED) is 0.650. The summed E-state index contributed by atoms with van der Waals surface area (Å²) < 4.78 is 3.90. The topological polar surface area (TPSA) is 114 Å². The maximum Gasteiger partial charge on any atom is 0.255 e. The third-order valence-corrected chi connectivity index (χ3v) is 4.15. The minimum absolute atomic E-state index is 0.144. The molecule has 6 N–H and O–H groups in total. The van der Waals surface area contributed by atoms with Crippen LogP contribution in [0.3, 0.4) is 0 Å². The molecule has 1 fully saturated rings. The van der Waals surface area contributed by atoms with E-state index in [1.54, 1.807) is 0 Å². The van der Waals surface area contributed by atoms with Gasteiger partial charge in [-0.25, -0.2) is 0 Å². The fourth-order valence-electron chi connectivity index (χ4n) is 2.29. The molecule has 1 aromatic rings. The number of carbonyl (C=O) groups is 1. The number of aliphatic hydroxyl groups is 1. The molecule has 1 aromatic heterocycles. The zero-order valence-electron chi connectivity index (χ0n) is 10.1. The zero-order chi connectivity index (χ0) is 13.2. The summed E-state index contributed by atoms with van der Waals surface area (Å²) in [4.78, 5) is 11.2. The van der Waals surface area contributed by atoms with E-state index in [2.05, 4.69) is 9.69 Å². The van der Waals surface area contributed by atoms with Crippen LogP contribution in [0, 0.1) is 0 Å². The smallest absolute Gasteiger partial charge is 0.255 e. The van der Waals surface area contributed by atoms with Crippen LogP contribution in [0.4, 0.5) is 10.8 Å². The normalized spacial score (nSPS) is 18.5. The lowest BCUT2D eigenvalue weighted by molar-refractivity contribution is 0.0167. The van der Waals surface area contributed by atoms with Gasteiger partial charge in [-0.3, -0.25) is 4.79 Å². The highest BCUT2D eigenvalue weighted by atomic mass is 32.1. The SMILES string of the molecule is NC(=O)c1c(N)nsc1NCC1(O)CCCCC1. The number of aromatic nitrogens is 1. The maximum absolute atomic E-state index is 11.2. The Kier molecular flexibility index (Phi) is 3.72. The van der Waals surface area contributed by atoms with E-state index in [4.69, 9.17) is 11.5 Å². The van der Waals surface area contributed by atoms with Gasteiger partial charge in [-0.15, -0.1) is 0 Å². The number of carbonyl (C=O) groups excluding carboxylic acids is 1. The number of hydrogen-bond donors (Lipinski definition) is 4. The van der Waals surface area contributed by atoms with Crippen molar-refractivity contribution in [3.8, 4) is 0 Å². The number of nitrogens with zero attached hydrogens (tertiary/aromatic N) is 1. The first-order chi connectivity index (χ1) is 8.52. The molecular formula is C11H18N4O2S. The Labute approximate surface area is 110 Å². The largest absolute Gasteiger partial charge is 0.388 e. The highest BCUT2D eigenvalue weighted by Crippen LogP contribution is 2.31. The first kappa shape index (κ1) is 13.1. The van der Waals surface area contributed by atoms with Crippen molar-refractivity contribution in [1.29, 1.82) is 0 Å². The fourth-order valence-corrected chi connectivity index (χ4v) is 3.01. The lowest BCUT2D eigenvalue weighted by Gasteiger charge is -2.32. The average molecular weight is 270 g/mol. The minimum Gasteiger partial charge on any atom is -0.388 e. The van der Waals surface area contributed by atoms with Gasteiger partial charge in [0.2, 0.25) is 0 Å². The molecule has 1 saturated carbocycles. The van der Waals surface area contributed by atoms with Crippen molar-refractivity contribution in [1.82, 2.24) is 4.37 Å². The highest BCUT2D eigenvalue weighted by Gasteiger charge is 2.29. The summed E-state index contributed by atoms with van der Waals surface area (Å²) >= 11 is 1.09. The van der Waals surface area contributed by atoms with Crippen LogP contribution in [0.25, 0.3) is 0 Å². The Morgan fingerprint density at radius 2 is 2.11 bits per heavy atom. The van der Waals surface area contributed by atoms with Crippen LogP contribution < -0.4 is 16.8 Å². The van der Waals surface area contributed by atoms with Crippen LogP contribution in [0.5, 0.6) is 0 Å². The Bertz CT molecular complexity index is 440. The van der Waals surface area contributed by atoms with Crippen molar-refractivity contribution < 1.29 is 9.90 Å². The molecule has 1 aliphatic rings. The van der Waals surface area contributed by atoms with Gasteiger partial charge in [0, 0.05) is 6.54 Å². The van der Waals surface area contributed by atoms with Gasteiger partial charge in [0.05, 0.1) is 5.60 Å². The summed E-state index contributed by atoms with van der Waals surface area (Å²) in [7, 11) is 0. The summed E-state index contributed by atoms with van der Waals surface area (Å²) in [6.07, 6.45) is 4.79. The van der Waals surface area contributed by atoms with Crippen LogP contribution in [0.1, 0.15) is 42.5 Å². The van der Waals surface area contributed by atoms with E-state index in [0.29, 0.717) is 11.5 Å². The van der Waals surface area contributed by atoms with Gasteiger partial charge in [-0.2, -0.15) is 4.37 Å². The maximum atomic E-state index is 11.2. The predicted octanol–water partition coefficient (Wildman–Crippen LogP) is 0.931. The van der Waals surface area contributed by atoms with Gasteiger partial charge in [0.15, 0.2) is 5.82 Å². The molecule has 7 heteroatoms. The molecule has 18 heavy (non-hydrogen) atoms. The van der Waals surface area contributed by atoms with Gasteiger partial charge < -0.3 is 21.9 Å². The number of nitrogens with one attached hydrogen (secondary N) is 1. The molecule has 0 spiro atoms. The van der Waals surface area contributed by atoms with Gasteiger partial charge in [-0.1, -0.05) is 19.3 Å². The minimum atomic E-state index is -0.702. The van der Waals surface area contributed by atoms with E-state index >= 15 is 0 Å². The van der Waals surface area contributed by atoms with Crippen molar-refractivity contribution in [3.05, 3.63) is 5.56 Å². The summed E-state index contributed by atoms with van der Waals surface area (Å²) in [5.74, 6) is -0.454. The van der Waals surface area contributed by atoms with Crippen LogP contribution in [-0.4, -0.2) is 27.5 Å². The standard InChI is InChI=1S/C11H18N4O2S/c12-8-7(9(13)16)10(18-15-8)14-6-11(17)4-2-1-3-5-11/h14,17H,1-6H2,(H2,12,15)(H2,13,16). The average Bonchev–Trinajstić information content (AvgIpc) is 2.69. The first-order valence-corrected chi connectivity index (χ1v) is 6.80. The molecule has 0 bridgehead atoms. The van der Waals surface area contributed by atoms with Crippen molar-refractivity contribution in [2.24, 2.45) is 5.73 Å². The van der Waals surface area contributed by atoms with E-state index < -0.39 is 11.5 Å². The second-order valence-corrected chi connectivity index (χ2v) is 5.55. The molecule has 6 nitrogen and oxygen atoms in total. The van der Waals surface area contributed by atoms with Crippen LogP contribution in [0.2, 0.25) is 0 Å². The van der Waals surface area contributed by atoms with Gasteiger partial charge in [0.1, 0.15) is 10.6 Å². The van der Waals surface area contributed by atoms with Gasteiger partial charge in [-0.05, 0) is 24.4 Å². The lowest BCUT2D eigenvalue weighted by atomic mass is 9.85. The second kappa shape index (κ2) is 5.11. The Morgan fingerprint density at radius 3 is 2.72 bits per heavy atom. The predicted molar refractivity (Wildman–Crippen MR) is 71.6 cm³/mol.